The summed E-state index contributed by atoms with van der Waals surface area (Å²) in [6.07, 6.45) is 6.46. The van der Waals surface area contributed by atoms with E-state index in [9.17, 15) is 4.79 Å². The minimum Gasteiger partial charge on any atom is -0.356 e. The Morgan fingerprint density at radius 2 is 2.00 bits per heavy atom. The van der Waals surface area contributed by atoms with Crippen LogP contribution in [0.1, 0.15) is 52.4 Å². The first-order valence-electron chi connectivity index (χ1n) is 8.27. The Morgan fingerprint density at radius 3 is 2.65 bits per heavy atom. The van der Waals surface area contributed by atoms with E-state index in [1.165, 1.54) is 12.8 Å². The van der Waals surface area contributed by atoms with Crippen molar-refractivity contribution in [1.29, 1.82) is 0 Å². The number of unbranched alkanes of at least 4 members (excludes halogenated alkanes) is 1. The zero-order valence-electron chi connectivity index (χ0n) is 13.6. The van der Waals surface area contributed by atoms with Gasteiger partial charge in [0, 0.05) is 19.0 Å². The zero-order chi connectivity index (χ0) is 14.8. The van der Waals surface area contributed by atoms with Crippen molar-refractivity contribution in [2.45, 2.75) is 58.4 Å². The fourth-order valence-electron chi connectivity index (χ4n) is 2.57. The van der Waals surface area contributed by atoms with Crippen molar-refractivity contribution in [3.63, 3.8) is 0 Å². The van der Waals surface area contributed by atoms with Crippen molar-refractivity contribution in [1.82, 2.24) is 15.5 Å². The predicted octanol–water partition coefficient (Wildman–Crippen LogP) is 2.00. The highest BCUT2D eigenvalue weighted by atomic mass is 16.1. The largest absolute Gasteiger partial charge is 0.356 e. The second kappa shape index (κ2) is 10.2. The van der Waals surface area contributed by atoms with Gasteiger partial charge in [-0.05, 0) is 78.6 Å². The number of hydrogen-bond acceptors (Lipinski definition) is 3. The number of amides is 1. The van der Waals surface area contributed by atoms with Crippen molar-refractivity contribution in [3.8, 4) is 0 Å². The van der Waals surface area contributed by atoms with E-state index in [-0.39, 0.29) is 5.91 Å². The molecule has 1 aliphatic heterocycles. The first-order valence-corrected chi connectivity index (χ1v) is 8.27. The molecule has 118 valence electrons. The molecule has 0 aliphatic carbocycles. The third kappa shape index (κ3) is 7.85. The van der Waals surface area contributed by atoms with Crippen molar-refractivity contribution in [3.05, 3.63) is 0 Å². The first-order chi connectivity index (χ1) is 9.59. The average molecular weight is 283 g/mol. The Morgan fingerprint density at radius 1 is 1.30 bits per heavy atom. The Hall–Kier alpha value is -0.610. The van der Waals surface area contributed by atoms with Crippen LogP contribution in [0.15, 0.2) is 0 Å². The predicted molar refractivity (Wildman–Crippen MR) is 84.8 cm³/mol. The highest BCUT2D eigenvalue weighted by molar-refractivity contribution is 5.75. The van der Waals surface area contributed by atoms with Crippen LogP contribution in [0.2, 0.25) is 0 Å². The van der Waals surface area contributed by atoms with Gasteiger partial charge in [-0.2, -0.15) is 0 Å². The van der Waals surface area contributed by atoms with Crippen LogP contribution in [0.25, 0.3) is 0 Å². The standard InChI is InChI=1S/C16H33N3O/c1-14(2)19(3)13-5-4-10-18-16(20)7-6-15-8-11-17-12-9-15/h14-15,17H,4-13H2,1-3H3,(H,18,20). The van der Waals surface area contributed by atoms with Crippen molar-refractivity contribution >= 4 is 5.91 Å². The molecule has 20 heavy (non-hydrogen) atoms. The Kier molecular flexibility index (Phi) is 8.86. The molecule has 0 saturated carbocycles. The quantitative estimate of drug-likeness (QED) is 0.636. The minimum atomic E-state index is 0.237. The lowest BCUT2D eigenvalue weighted by Gasteiger charge is -2.22. The molecule has 0 unspecified atom stereocenters. The van der Waals surface area contributed by atoms with Crippen LogP contribution in [0.4, 0.5) is 0 Å². The topological polar surface area (TPSA) is 44.4 Å². The monoisotopic (exact) mass is 283 g/mol. The minimum absolute atomic E-state index is 0.237. The van der Waals surface area contributed by atoms with Crippen molar-refractivity contribution in [2.24, 2.45) is 5.92 Å². The molecule has 1 saturated heterocycles. The molecule has 1 amide bonds. The van der Waals surface area contributed by atoms with Gasteiger partial charge in [0.2, 0.25) is 5.91 Å². The molecule has 0 aromatic rings. The summed E-state index contributed by atoms with van der Waals surface area (Å²) in [6.45, 7) is 8.61. The van der Waals surface area contributed by atoms with Crippen LogP contribution < -0.4 is 10.6 Å². The van der Waals surface area contributed by atoms with Gasteiger partial charge in [0.05, 0.1) is 0 Å². The normalized spacial score (nSPS) is 16.9. The lowest BCUT2D eigenvalue weighted by molar-refractivity contribution is -0.121. The highest BCUT2D eigenvalue weighted by Crippen LogP contribution is 2.17. The fourth-order valence-corrected chi connectivity index (χ4v) is 2.57. The van der Waals surface area contributed by atoms with Gasteiger partial charge in [-0.1, -0.05) is 0 Å². The summed E-state index contributed by atoms with van der Waals surface area (Å²) in [6, 6.07) is 0.606. The molecule has 1 rings (SSSR count). The summed E-state index contributed by atoms with van der Waals surface area (Å²) in [4.78, 5) is 14.1. The Labute approximate surface area is 124 Å². The smallest absolute Gasteiger partial charge is 0.220 e. The van der Waals surface area contributed by atoms with Gasteiger partial charge in [0.15, 0.2) is 0 Å². The Bertz CT molecular complexity index is 262. The molecular formula is C16H33N3O. The molecule has 2 N–H and O–H groups in total. The molecule has 4 nitrogen and oxygen atoms in total. The third-order valence-corrected chi connectivity index (χ3v) is 4.38. The molecule has 0 aromatic carbocycles. The number of carbonyl (C=O) groups excluding carboxylic acids is 1. The van der Waals surface area contributed by atoms with Gasteiger partial charge in [-0.25, -0.2) is 0 Å². The summed E-state index contributed by atoms with van der Waals surface area (Å²) >= 11 is 0. The molecular weight excluding hydrogens is 250 g/mol. The van der Waals surface area contributed by atoms with Crippen LogP contribution in [-0.4, -0.2) is 50.1 Å². The van der Waals surface area contributed by atoms with Crippen LogP contribution in [-0.2, 0) is 4.79 Å². The highest BCUT2D eigenvalue weighted by Gasteiger charge is 2.14. The summed E-state index contributed by atoms with van der Waals surface area (Å²) in [5, 5.41) is 6.42. The molecule has 1 heterocycles. The second-order valence-electron chi connectivity index (χ2n) is 6.36. The number of nitrogens with one attached hydrogen (secondary N) is 2. The zero-order valence-corrected chi connectivity index (χ0v) is 13.6. The van der Waals surface area contributed by atoms with Gasteiger partial charge in [0.1, 0.15) is 0 Å². The van der Waals surface area contributed by atoms with E-state index in [1.54, 1.807) is 0 Å². The van der Waals surface area contributed by atoms with E-state index in [2.05, 4.69) is 36.4 Å². The van der Waals surface area contributed by atoms with Gasteiger partial charge in [0.25, 0.3) is 0 Å². The third-order valence-electron chi connectivity index (χ3n) is 4.38. The van der Waals surface area contributed by atoms with Gasteiger partial charge < -0.3 is 15.5 Å². The Balaban J connectivity index is 1.94. The first kappa shape index (κ1) is 17.4. The van der Waals surface area contributed by atoms with E-state index in [0.29, 0.717) is 12.5 Å². The van der Waals surface area contributed by atoms with Crippen molar-refractivity contribution < 1.29 is 4.79 Å². The average Bonchev–Trinajstić information content (AvgIpc) is 2.45. The molecule has 0 bridgehead atoms. The van der Waals surface area contributed by atoms with Gasteiger partial charge in [-0.3, -0.25) is 4.79 Å². The van der Waals surface area contributed by atoms with E-state index >= 15 is 0 Å². The van der Waals surface area contributed by atoms with E-state index in [4.69, 9.17) is 0 Å². The van der Waals surface area contributed by atoms with Gasteiger partial charge in [-0.15, -0.1) is 0 Å². The van der Waals surface area contributed by atoms with E-state index < -0.39 is 0 Å². The lowest BCUT2D eigenvalue weighted by atomic mass is 9.93. The maximum absolute atomic E-state index is 11.8. The summed E-state index contributed by atoms with van der Waals surface area (Å²) in [5.41, 5.74) is 0. The van der Waals surface area contributed by atoms with Crippen LogP contribution in [0.5, 0.6) is 0 Å². The molecule has 0 aromatic heterocycles. The molecule has 0 atom stereocenters. The van der Waals surface area contributed by atoms with Crippen LogP contribution in [0.3, 0.4) is 0 Å². The van der Waals surface area contributed by atoms with Gasteiger partial charge >= 0.3 is 0 Å². The molecule has 0 spiro atoms. The number of carbonyl (C=O) groups is 1. The summed E-state index contributed by atoms with van der Waals surface area (Å²) in [5.74, 6) is 0.988. The maximum Gasteiger partial charge on any atom is 0.220 e. The van der Waals surface area contributed by atoms with Crippen LogP contribution >= 0.6 is 0 Å². The summed E-state index contributed by atoms with van der Waals surface area (Å²) in [7, 11) is 2.16. The molecule has 0 radical (unpaired) electrons. The molecule has 1 aliphatic rings. The summed E-state index contributed by atoms with van der Waals surface area (Å²) < 4.78 is 0. The van der Waals surface area contributed by atoms with E-state index in [1.807, 2.05) is 0 Å². The van der Waals surface area contributed by atoms with Crippen LogP contribution in [0, 0.1) is 5.92 Å². The molecule has 4 heteroatoms. The molecule has 1 fully saturated rings. The number of hydrogen-bond donors (Lipinski definition) is 2. The maximum atomic E-state index is 11.8. The van der Waals surface area contributed by atoms with E-state index in [0.717, 1.165) is 51.4 Å². The second-order valence-corrected chi connectivity index (χ2v) is 6.36. The number of piperidine rings is 1. The number of rotatable bonds is 9. The lowest BCUT2D eigenvalue weighted by Crippen LogP contribution is -2.30. The number of nitrogens with zero attached hydrogens (tertiary/aromatic N) is 1. The SMILES string of the molecule is CC(C)N(C)CCCCNC(=O)CCC1CCNCC1. The fraction of sp³-hybridized carbons (Fsp3) is 0.938. The van der Waals surface area contributed by atoms with Crippen molar-refractivity contribution in [2.75, 3.05) is 33.2 Å².